The van der Waals surface area contributed by atoms with Crippen LogP contribution < -0.4 is 10.5 Å². The highest BCUT2D eigenvalue weighted by molar-refractivity contribution is 5.82. The molecule has 0 radical (unpaired) electrons. The molecule has 3 aromatic rings. The van der Waals surface area contributed by atoms with Crippen molar-refractivity contribution in [2.75, 3.05) is 12.8 Å². The summed E-state index contributed by atoms with van der Waals surface area (Å²) in [4.78, 5) is 4.26. The van der Waals surface area contributed by atoms with Crippen LogP contribution in [-0.2, 0) is 0 Å². The van der Waals surface area contributed by atoms with Gasteiger partial charge in [0.05, 0.1) is 23.8 Å². The van der Waals surface area contributed by atoms with Gasteiger partial charge in [0, 0.05) is 6.07 Å². The first-order valence-corrected chi connectivity index (χ1v) is 6.18. The van der Waals surface area contributed by atoms with Crippen LogP contribution in [0.1, 0.15) is 5.56 Å². The third kappa shape index (κ3) is 1.87. The highest BCUT2D eigenvalue weighted by Crippen LogP contribution is 2.27. The molecule has 0 aliphatic rings. The summed E-state index contributed by atoms with van der Waals surface area (Å²) in [5.41, 5.74) is 8.59. The fraction of sp³-hybridized carbons (Fsp3) is 0.133. The van der Waals surface area contributed by atoms with Gasteiger partial charge in [-0.1, -0.05) is 6.07 Å². The third-order valence-electron chi connectivity index (χ3n) is 3.23. The average molecular weight is 271 g/mol. The summed E-state index contributed by atoms with van der Waals surface area (Å²) in [7, 11) is 1.58. The van der Waals surface area contributed by atoms with Gasteiger partial charge in [-0.15, -0.1) is 0 Å². The quantitative estimate of drug-likeness (QED) is 0.779. The molecule has 0 aliphatic carbocycles. The predicted molar refractivity (Wildman–Crippen MR) is 76.7 cm³/mol. The number of ether oxygens (including phenoxy) is 1. The molecule has 1 aromatic heterocycles. The van der Waals surface area contributed by atoms with Gasteiger partial charge in [0.25, 0.3) is 0 Å². The van der Waals surface area contributed by atoms with Crippen LogP contribution in [0.4, 0.5) is 10.3 Å². The topological polar surface area (TPSA) is 53.1 Å². The molecular weight excluding hydrogens is 257 g/mol. The van der Waals surface area contributed by atoms with Crippen LogP contribution in [0.2, 0.25) is 0 Å². The Balaban J connectivity index is 2.27. The minimum atomic E-state index is -0.327. The molecule has 1 heterocycles. The summed E-state index contributed by atoms with van der Waals surface area (Å²) in [6.07, 6.45) is 0. The number of hydrogen-bond acceptors (Lipinski definition) is 3. The second kappa shape index (κ2) is 4.52. The largest absolute Gasteiger partial charge is 0.497 e. The molecule has 3 rings (SSSR count). The van der Waals surface area contributed by atoms with Gasteiger partial charge in [-0.05, 0) is 36.8 Å². The maximum atomic E-state index is 14.1. The lowest BCUT2D eigenvalue weighted by Gasteiger charge is -2.08. The van der Waals surface area contributed by atoms with Crippen LogP contribution in [0.3, 0.4) is 0 Å². The zero-order valence-corrected chi connectivity index (χ0v) is 11.2. The highest BCUT2D eigenvalue weighted by Gasteiger charge is 2.14. The van der Waals surface area contributed by atoms with E-state index in [2.05, 4.69) is 4.98 Å². The van der Waals surface area contributed by atoms with E-state index in [4.69, 9.17) is 10.5 Å². The summed E-state index contributed by atoms with van der Waals surface area (Å²) in [6, 6.07) is 10.4. The maximum absolute atomic E-state index is 14.1. The number of fused-ring (bicyclic) bond motifs is 1. The summed E-state index contributed by atoms with van der Waals surface area (Å²) in [5, 5.41) is 0. The van der Waals surface area contributed by atoms with Gasteiger partial charge < -0.3 is 10.5 Å². The second-order valence-corrected chi connectivity index (χ2v) is 4.61. The Bertz CT molecular complexity index is 795. The normalized spacial score (nSPS) is 10.9. The fourth-order valence-corrected chi connectivity index (χ4v) is 2.25. The van der Waals surface area contributed by atoms with Gasteiger partial charge in [0.15, 0.2) is 0 Å². The van der Waals surface area contributed by atoms with Gasteiger partial charge in [-0.2, -0.15) is 0 Å². The minimum absolute atomic E-state index is 0.246. The summed E-state index contributed by atoms with van der Waals surface area (Å²) in [5.74, 6) is 0.606. The molecule has 0 spiro atoms. The van der Waals surface area contributed by atoms with E-state index in [0.717, 1.165) is 11.1 Å². The van der Waals surface area contributed by atoms with Gasteiger partial charge in [-0.3, -0.25) is 4.57 Å². The molecule has 0 saturated carbocycles. The number of halogens is 1. The SMILES string of the molecule is COc1ccc2c(c1)nc(N)n2-c1ccc(C)cc1F. The van der Waals surface area contributed by atoms with Crippen LogP contribution in [0.15, 0.2) is 36.4 Å². The number of methoxy groups -OCH3 is 1. The van der Waals surface area contributed by atoms with Crippen LogP contribution in [-0.4, -0.2) is 16.7 Å². The van der Waals surface area contributed by atoms with Gasteiger partial charge in [-0.25, -0.2) is 9.37 Å². The summed E-state index contributed by atoms with van der Waals surface area (Å²) < 4.78 is 20.9. The smallest absolute Gasteiger partial charge is 0.206 e. The number of nitrogen functional groups attached to an aromatic ring is 1. The number of aryl methyl sites for hydroxylation is 1. The second-order valence-electron chi connectivity index (χ2n) is 4.61. The standard InChI is InChI=1S/C15H14FN3O/c1-9-3-5-13(11(16)7-9)19-14-6-4-10(20-2)8-12(14)18-15(19)17/h3-8H,1-2H3,(H2,17,18). The minimum Gasteiger partial charge on any atom is -0.497 e. The molecule has 4 nitrogen and oxygen atoms in total. The van der Waals surface area contributed by atoms with Crippen LogP contribution in [0, 0.1) is 12.7 Å². The zero-order chi connectivity index (χ0) is 14.3. The lowest BCUT2D eigenvalue weighted by atomic mass is 10.2. The van der Waals surface area contributed by atoms with E-state index in [-0.39, 0.29) is 11.8 Å². The molecular formula is C15H14FN3O. The molecule has 5 heteroatoms. The van der Waals surface area contributed by atoms with Crippen LogP contribution in [0.5, 0.6) is 5.75 Å². The van der Waals surface area contributed by atoms with Gasteiger partial charge in [0.2, 0.25) is 5.95 Å². The lowest BCUT2D eigenvalue weighted by molar-refractivity contribution is 0.415. The van der Waals surface area contributed by atoms with Crippen molar-refractivity contribution >= 4 is 17.0 Å². The van der Waals surface area contributed by atoms with Crippen molar-refractivity contribution in [2.24, 2.45) is 0 Å². The first kappa shape index (κ1) is 12.5. The lowest BCUT2D eigenvalue weighted by Crippen LogP contribution is -2.03. The summed E-state index contributed by atoms with van der Waals surface area (Å²) >= 11 is 0. The highest BCUT2D eigenvalue weighted by atomic mass is 19.1. The fourth-order valence-electron chi connectivity index (χ4n) is 2.25. The van der Waals surface area contributed by atoms with Crippen LogP contribution in [0.25, 0.3) is 16.7 Å². The van der Waals surface area contributed by atoms with Gasteiger partial charge >= 0.3 is 0 Å². The van der Waals surface area contributed by atoms with E-state index in [0.29, 0.717) is 17.0 Å². The molecule has 0 aliphatic heterocycles. The molecule has 2 aromatic carbocycles. The van der Waals surface area contributed by atoms with Crippen molar-refractivity contribution < 1.29 is 9.13 Å². The van der Waals surface area contributed by atoms with Crippen molar-refractivity contribution in [1.29, 1.82) is 0 Å². The number of nitrogens with two attached hydrogens (primary N) is 1. The Kier molecular flexibility index (Phi) is 2.82. The third-order valence-corrected chi connectivity index (χ3v) is 3.23. The average Bonchev–Trinajstić information content (AvgIpc) is 2.74. The molecule has 0 unspecified atom stereocenters. The number of aromatic nitrogens is 2. The van der Waals surface area contributed by atoms with Crippen molar-refractivity contribution in [3.05, 3.63) is 47.8 Å². The van der Waals surface area contributed by atoms with E-state index in [1.165, 1.54) is 6.07 Å². The Morgan fingerprint density at radius 3 is 2.70 bits per heavy atom. The molecule has 0 amide bonds. The molecule has 2 N–H and O–H groups in total. The summed E-state index contributed by atoms with van der Waals surface area (Å²) in [6.45, 7) is 1.84. The number of hydrogen-bond donors (Lipinski definition) is 1. The Morgan fingerprint density at radius 1 is 1.20 bits per heavy atom. The van der Waals surface area contributed by atoms with E-state index >= 15 is 0 Å². The van der Waals surface area contributed by atoms with Crippen molar-refractivity contribution in [1.82, 2.24) is 9.55 Å². The molecule has 0 saturated heterocycles. The molecule has 20 heavy (non-hydrogen) atoms. The van der Waals surface area contributed by atoms with E-state index < -0.39 is 0 Å². The van der Waals surface area contributed by atoms with Crippen LogP contribution >= 0.6 is 0 Å². The van der Waals surface area contributed by atoms with Gasteiger partial charge in [0.1, 0.15) is 11.6 Å². The molecule has 102 valence electrons. The number of nitrogens with zero attached hydrogens (tertiary/aromatic N) is 2. The first-order chi connectivity index (χ1) is 9.60. The van der Waals surface area contributed by atoms with Crippen molar-refractivity contribution in [3.8, 4) is 11.4 Å². The number of rotatable bonds is 2. The monoisotopic (exact) mass is 271 g/mol. The van der Waals surface area contributed by atoms with E-state index in [1.807, 2.05) is 19.1 Å². The van der Waals surface area contributed by atoms with E-state index in [1.54, 1.807) is 29.9 Å². The number of imidazole rings is 1. The maximum Gasteiger partial charge on any atom is 0.206 e. The van der Waals surface area contributed by atoms with E-state index in [9.17, 15) is 4.39 Å². The molecule has 0 atom stereocenters. The number of anilines is 1. The predicted octanol–water partition coefficient (Wildman–Crippen LogP) is 3.06. The Hall–Kier alpha value is -2.56. The number of benzene rings is 2. The molecule has 0 bridgehead atoms. The van der Waals surface area contributed by atoms with Crippen molar-refractivity contribution in [2.45, 2.75) is 6.92 Å². The first-order valence-electron chi connectivity index (χ1n) is 6.18. The zero-order valence-electron chi connectivity index (χ0n) is 11.2. The van der Waals surface area contributed by atoms with Crippen molar-refractivity contribution in [3.63, 3.8) is 0 Å². The molecule has 0 fully saturated rings. The Morgan fingerprint density at radius 2 is 2.00 bits per heavy atom. The Labute approximate surface area is 115 Å².